The number of nitrogens with zero attached hydrogens (tertiary/aromatic N) is 1. The standard InChI is InChI=1S/C23H16ClFN2O2/c24-19-5-3-17(4-6-19)18(14-26)13-16-1-11-22(12-2-16)29-15-23(28)27-21-9-7-20(25)8-10-21/h1-13H,15H2,(H,27,28). The molecule has 1 N–H and O–H groups in total. The Morgan fingerprint density at radius 2 is 1.69 bits per heavy atom. The Morgan fingerprint density at radius 1 is 1.03 bits per heavy atom. The van der Waals surface area contributed by atoms with E-state index in [1.807, 2.05) is 0 Å². The van der Waals surface area contributed by atoms with Crippen LogP contribution in [0.2, 0.25) is 5.02 Å². The Kier molecular flexibility index (Phi) is 6.62. The molecule has 0 unspecified atom stereocenters. The summed E-state index contributed by atoms with van der Waals surface area (Å²) in [5.41, 5.74) is 2.59. The summed E-state index contributed by atoms with van der Waals surface area (Å²) < 4.78 is 18.3. The van der Waals surface area contributed by atoms with Gasteiger partial charge in [-0.15, -0.1) is 0 Å². The van der Waals surface area contributed by atoms with Gasteiger partial charge in [0.2, 0.25) is 0 Å². The lowest BCUT2D eigenvalue weighted by atomic mass is 10.0. The first kappa shape index (κ1) is 20.1. The van der Waals surface area contributed by atoms with Gasteiger partial charge in [-0.3, -0.25) is 4.79 Å². The van der Waals surface area contributed by atoms with Crippen molar-refractivity contribution in [1.29, 1.82) is 5.26 Å². The molecule has 3 aromatic carbocycles. The number of nitriles is 1. The van der Waals surface area contributed by atoms with E-state index in [0.717, 1.165) is 11.1 Å². The summed E-state index contributed by atoms with van der Waals surface area (Å²) in [6.07, 6.45) is 1.76. The molecule has 0 aliphatic rings. The zero-order valence-electron chi connectivity index (χ0n) is 15.2. The predicted octanol–water partition coefficient (Wildman–Crippen LogP) is 5.56. The first-order chi connectivity index (χ1) is 14.0. The molecule has 0 spiro atoms. The Bertz CT molecular complexity index is 1050. The van der Waals surface area contributed by atoms with Gasteiger partial charge in [-0.05, 0) is 65.7 Å². The van der Waals surface area contributed by atoms with Gasteiger partial charge in [-0.2, -0.15) is 5.26 Å². The van der Waals surface area contributed by atoms with E-state index in [2.05, 4.69) is 11.4 Å². The smallest absolute Gasteiger partial charge is 0.262 e. The second-order valence-corrected chi connectivity index (χ2v) is 6.53. The number of ether oxygens (including phenoxy) is 1. The topological polar surface area (TPSA) is 62.1 Å². The van der Waals surface area contributed by atoms with Crippen molar-refractivity contribution in [3.05, 3.63) is 94.8 Å². The van der Waals surface area contributed by atoms with Crippen LogP contribution in [-0.4, -0.2) is 12.5 Å². The molecule has 1 amide bonds. The third-order valence-corrected chi connectivity index (χ3v) is 4.22. The minimum absolute atomic E-state index is 0.180. The van der Waals surface area contributed by atoms with E-state index in [-0.39, 0.29) is 18.3 Å². The molecule has 6 heteroatoms. The van der Waals surface area contributed by atoms with Crippen LogP contribution in [0.15, 0.2) is 72.8 Å². The molecule has 0 aliphatic heterocycles. The van der Waals surface area contributed by atoms with Crippen LogP contribution in [0.1, 0.15) is 11.1 Å². The lowest BCUT2D eigenvalue weighted by molar-refractivity contribution is -0.118. The van der Waals surface area contributed by atoms with Crippen molar-refractivity contribution < 1.29 is 13.9 Å². The van der Waals surface area contributed by atoms with Crippen LogP contribution >= 0.6 is 11.6 Å². The van der Waals surface area contributed by atoms with E-state index >= 15 is 0 Å². The van der Waals surface area contributed by atoms with E-state index < -0.39 is 0 Å². The maximum Gasteiger partial charge on any atom is 0.262 e. The summed E-state index contributed by atoms with van der Waals surface area (Å²) >= 11 is 5.88. The second kappa shape index (κ2) is 9.54. The number of carbonyl (C=O) groups excluding carboxylic acids is 1. The van der Waals surface area contributed by atoms with Crippen LogP contribution < -0.4 is 10.1 Å². The zero-order chi connectivity index (χ0) is 20.6. The number of hydrogen-bond donors (Lipinski definition) is 1. The SMILES string of the molecule is N#CC(=Cc1ccc(OCC(=O)Nc2ccc(F)cc2)cc1)c1ccc(Cl)cc1. The fourth-order valence-electron chi connectivity index (χ4n) is 2.52. The van der Waals surface area contributed by atoms with Crippen molar-refractivity contribution in [2.24, 2.45) is 0 Å². The number of nitrogens with one attached hydrogen (secondary N) is 1. The average molecular weight is 407 g/mol. The number of halogens is 2. The largest absolute Gasteiger partial charge is 0.484 e. The number of rotatable bonds is 6. The highest BCUT2D eigenvalue weighted by atomic mass is 35.5. The van der Waals surface area contributed by atoms with E-state index in [9.17, 15) is 14.4 Å². The van der Waals surface area contributed by atoms with Crippen LogP contribution in [0.4, 0.5) is 10.1 Å². The number of benzene rings is 3. The van der Waals surface area contributed by atoms with Gasteiger partial charge in [0.1, 0.15) is 11.6 Å². The molecule has 144 valence electrons. The van der Waals surface area contributed by atoms with Crippen LogP contribution in [0, 0.1) is 17.1 Å². The van der Waals surface area contributed by atoms with Gasteiger partial charge >= 0.3 is 0 Å². The van der Waals surface area contributed by atoms with Gasteiger partial charge in [-0.25, -0.2) is 4.39 Å². The molecule has 0 atom stereocenters. The van der Waals surface area contributed by atoms with Crippen molar-refractivity contribution in [2.75, 3.05) is 11.9 Å². The van der Waals surface area contributed by atoms with Crippen LogP contribution in [0.3, 0.4) is 0 Å². The molecule has 0 fully saturated rings. The fourth-order valence-corrected chi connectivity index (χ4v) is 2.64. The minimum Gasteiger partial charge on any atom is -0.484 e. The molecule has 0 bridgehead atoms. The van der Waals surface area contributed by atoms with Gasteiger partial charge in [0.25, 0.3) is 5.91 Å². The number of anilines is 1. The van der Waals surface area contributed by atoms with Crippen LogP contribution in [0.5, 0.6) is 5.75 Å². The van der Waals surface area contributed by atoms with Crippen molar-refractivity contribution in [3.63, 3.8) is 0 Å². The predicted molar refractivity (Wildman–Crippen MR) is 112 cm³/mol. The quantitative estimate of drug-likeness (QED) is 0.430. The number of allylic oxidation sites excluding steroid dienone is 1. The fraction of sp³-hybridized carbons (Fsp3) is 0.0435. The first-order valence-electron chi connectivity index (χ1n) is 8.69. The molecule has 4 nitrogen and oxygen atoms in total. The summed E-state index contributed by atoms with van der Waals surface area (Å²) in [5.74, 6) is -0.208. The lowest BCUT2D eigenvalue weighted by Crippen LogP contribution is -2.20. The molecule has 0 saturated heterocycles. The highest BCUT2D eigenvalue weighted by molar-refractivity contribution is 6.30. The Labute approximate surface area is 172 Å². The maximum atomic E-state index is 12.9. The normalized spacial score (nSPS) is 10.9. The van der Waals surface area contributed by atoms with E-state index in [0.29, 0.717) is 22.0 Å². The Balaban J connectivity index is 1.59. The molecular formula is C23H16ClFN2O2. The van der Waals surface area contributed by atoms with Crippen LogP contribution in [0.25, 0.3) is 11.6 Å². The van der Waals surface area contributed by atoms with E-state index in [1.54, 1.807) is 54.6 Å². The van der Waals surface area contributed by atoms with Gasteiger partial charge in [0.05, 0.1) is 11.6 Å². The summed E-state index contributed by atoms with van der Waals surface area (Å²) in [5, 5.41) is 12.6. The third-order valence-electron chi connectivity index (χ3n) is 3.96. The molecular weight excluding hydrogens is 391 g/mol. The Morgan fingerprint density at radius 3 is 2.31 bits per heavy atom. The van der Waals surface area contributed by atoms with Gasteiger partial charge in [-0.1, -0.05) is 35.9 Å². The zero-order valence-corrected chi connectivity index (χ0v) is 16.0. The van der Waals surface area contributed by atoms with Crippen molar-refractivity contribution >= 4 is 34.8 Å². The molecule has 0 heterocycles. The Hall–Kier alpha value is -3.62. The number of carbonyl (C=O) groups is 1. The van der Waals surface area contributed by atoms with Crippen molar-refractivity contribution in [2.45, 2.75) is 0 Å². The highest BCUT2D eigenvalue weighted by Gasteiger charge is 2.05. The first-order valence-corrected chi connectivity index (χ1v) is 9.07. The van der Waals surface area contributed by atoms with Crippen molar-refractivity contribution in [1.82, 2.24) is 0 Å². The minimum atomic E-state index is -0.371. The van der Waals surface area contributed by atoms with Crippen LogP contribution in [-0.2, 0) is 4.79 Å². The monoisotopic (exact) mass is 406 g/mol. The van der Waals surface area contributed by atoms with Crippen molar-refractivity contribution in [3.8, 4) is 11.8 Å². The average Bonchev–Trinajstić information content (AvgIpc) is 2.74. The third kappa shape index (κ3) is 5.93. The van der Waals surface area contributed by atoms with E-state index in [4.69, 9.17) is 16.3 Å². The van der Waals surface area contributed by atoms with E-state index in [1.165, 1.54) is 24.3 Å². The number of hydrogen-bond acceptors (Lipinski definition) is 3. The molecule has 29 heavy (non-hydrogen) atoms. The molecule has 0 aromatic heterocycles. The summed E-state index contributed by atoms with van der Waals surface area (Å²) in [4.78, 5) is 11.9. The molecule has 3 rings (SSSR count). The molecule has 0 radical (unpaired) electrons. The summed E-state index contributed by atoms with van der Waals surface area (Å²) in [6, 6.07) is 21.7. The summed E-state index contributed by atoms with van der Waals surface area (Å²) in [7, 11) is 0. The van der Waals surface area contributed by atoms with Gasteiger partial charge in [0.15, 0.2) is 6.61 Å². The van der Waals surface area contributed by atoms with Gasteiger partial charge in [0, 0.05) is 10.7 Å². The highest BCUT2D eigenvalue weighted by Crippen LogP contribution is 2.21. The maximum absolute atomic E-state index is 12.9. The number of amides is 1. The lowest BCUT2D eigenvalue weighted by Gasteiger charge is -2.08. The summed E-state index contributed by atoms with van der Waals surface area (Å²) in [6.45, 7) is -0.180. The molecule has 0 saturated carbocycles. The molecule has 0 aliphatic carbocycles. The molecule has 3 aromatic rings. The second-order valence-electron chi connectivity index (χ2n) is 6.09. The van der Waals surface area contributed by atoms with Gasteiger partial charge < -0.3 is 10.1 Å².